The molecule has 1 heterocycles. The molecule has 0 aliphatic rings. The topological polar surface area (TPSA) is 60.2 Å². The number of ether oxygens (including phenoxy) is 1. The first-order valence-electron chi connectivity index (χ1n) is 8.89. The minimum absolute atomic E-state index is 0.316. The van der Waals surface area contributed by atoms with Crippen molar-refractivity contribution in [2.24, 2.45) is 0 Å². The maximum absolute atomic E-state index is 10.1. The van der Waals surface area contributed by atoms with Gasteiger partial charge in [-0.15, -0.1) is 10.2 Å². The Bertz CT molecular complexity index is 881. The number of para-hydroxylation sites is 2. The van der Waals surface area contributed by atoms with Gasteiger partial charge in [0.05, 0.1) is 5.60 Å². The molecule has 0 fully saturated rings. The van der Waals surface area contributed by atoms with Gasteiger partial charge in [0.2, 0.25) is 0 Å². The Morgan fingerprint density at radius 1 is 1.00 bits per heavy atom. The third-order valence-corrected chi connectivity index (χ3v) is 5.40. The zero-order valence-electron chi connectivity index (χ0n) is 16.1. The lowest BCUT2D eigenvalue weighted by Crippen LogP contribution is -2.22. The molecule has 0 amide bonds. The molecule has 0 atom stereocenters. The van der Waals surface area contributed by atoms with Crippen LogP contribution in [0.1, 0.15) is 30.8 Å². The lowest BCUT2D eigenvalue weighted by atomic mass is 10.1. The van der Waals surface area contributed by atoms with Gasteiger partial charge >= 0.3 is 0 Å². The number of thioether (sulfide) groups is 1. The van der Waals surface area contributed by atoms with Crippen LogP contribution in [0.4, 0.5) is 0 Å². The molecule has 0 aliphatic heterocycles. The summed E-state index contributed by atoms with van der Waals surface area (Å²) in [6.45, 7) is 7.96. The van der Waals surface area contributed by atoms with E-state index in [9.17, 15) is 5.11 Å². The van der Waals surface area contributed by atoms with Gasteiger partial charge in [0.15, 0.2) is 11.0 Å². The summed E-state index contributed by atoms with van der Waals surface area (Å²) >= 11 is 1.48. The van der Waals surface area contributed by atoms with Crippen LogP contribution >= 0.6 is 11.8 Å². The van der Waals surface area contributed by atoms with Gasteiger partial charge in [-0.05, 0) is 51.0 Å². The van der Waals surface area contributed by atoms with Crippen LogP contribution in [-0.2, 0) is 6.61 Å². The van der Waals surface area contributed by atoms with Crippen LogP contribution < -0.4 is 4.74 Å². The molecule has 0 unspecified atom stereocenters. The fourth-order valence-corrected chi connectivity index (χ4v) is 3.65. The summed E-state index contributed by atoms with van der Waals surface area (Å²) in [5, 5.41) is 19.5. The van der Waals surface area contributed by atoms with Crippen LogP contribution in [-0.4, -0.2) is 31.2 Å². The first-order chi connectivity index (χ1) is 12.8. The first kappa shape index (κ1) is 19.5. The van der Waals surface area contributed by atoms with Crippen molar-refractivity contribution in [2.75, 3.05) is 5.75 Å². The van der Waals surface area contributed by atoms with Gasteiger partial charge in [0.1, 0.15) is 12.4 Å². The Labute approximate surface area is 164 Å². The second-order valence-electron chi connectivity index (χ2n) is 7.18. The number of nitrogens with zero attached hydrogens (tertiary/aromatic N) is 3. The molecule has 3 rings (SSSR count). The van der Waals surface area contributed by atoms with Gasteiger partial charge in [-0.2, -0.15) is 0 Å². The van der Waals surface area contributed by atoms with Crippen molar-refractivity contribution >= 4 is 11.8 Å². The fraction of sp³-hybridized carbons (Fsp3) is 0.333. The number of hydrogen-bond acceptors (Lipinski definition) is 5. The van der Waals surface area contributed by atoms with Gasteiger partial charge in [-0.25, -0.2) is 0 Å². The van der Waals surface area contributed by atoms with Crippen LogP contribution in [0.15, 0.2) is 53.7 Å². The van der Waals surface area contributed by atoms with Crippen molar-refractivity contribution in [2.45, 2.75) is 45.1 Å². The highest BCUT2D eigenvalue weighted by atomic mass is 32.2. The Kier molecular flexibility index (Phi) is 5.87. The molecule has 0 saturated heterocycles. The van der Waals surface area contributed by atoms with Crippen molar-refractivity contribution < 1.29 is 9.84 Å². The highest BCUT2D eigenvalue weighted by Gasteiger charge is 2.19. The lowest BCUT2D eigenvalue weighted by Gasteiger charge is -2.17. The summed E-state index contributed by atoms with van der Waals surface area (Å²) in [7, 11) is 0. The zero-order chi connectivity index (χ0) is 19.4. The summed E-state index contributed by atoms with van der Waals surface area (Å²) in [5.41, 5.74) is 2.38. The van der Waals surface area contributed by atoms with E-state index >= 15 is 0 Å². The summed E-state index contributed by atoms with van der Waals surface area (Å²) in [5.74, 6) is 2.13. The Morgan fingerprint density at radius 2 is 1.67 bits per heavy atom. The van der Waals surface area contributed by atoms with Gasteiger partial charge in [-0.3, -0.25) is 4.57 Å². The molecule has 1 N–H and O–H groups in total. The maximum Gasteiger partial charge on any atom is 0.196 e. The molecule has 0 aliphatic carbocycles. The summed E-state index contributed by atoms with van der Waals surface area (Å²) < 4.78 is 8.08. The number of aromatic nitrogens is 3. The van der Waals surface area contributed by atoms with Crippen molar-refractivity contribution in [3.8, 4) is 11.4 Å². The van der Waals surface area contributed by atoms with E-state index in [0.29, 0.717) is 12.4 Å². The van der Waals surface area contributed by atoms with Crippen LogP contribution in [0, 0.1) is 13.8 Å². The molecule has 3 aromatic rings. The van der Waals surface area contributed by atoms with Gasteiger partial charge in [0.25, 0.3) is 0 Å². The quantitative estimate of drug-likeness (QED) is 0.616. The van der Waals surface area contributed by atoms with Crippen molar-refractivity contribution in [3.63, 3.8) is 0 Å². The second kappa shape index (κ2) is 8.15. The maximum atomic E-state index is 10.1. The van der Waals surface area contributed by atoms with Crippen LogP contribution in [0.25, 0.3) is 5.69 Å². The average Bonchev–Trinajstić information content (AvgIpc) is 3.03. The highest BCUT2D eigenvalue weighted by Crippen LogP contribution is 2.27. The van der Waals surface area contributed by atoms with E-state index in [2.05, 4.69) is 10.2 Å². The third-order valence-electron chi connectivity index (χ3n) is 4.02. The van der Waals surface area contributed by atoms with Crippen LogP contribution in [0.3, 0.4) is 0 Å². The van der Waals surface area contributed by atoms with Gasteiger partial charge in [0, 0.05) is 11.4 Å². The van der Waals surface area contributed by atoms with E-state index in [-0.39, 0.29) is 0 Å². The summed E-state index contributed by atoms with van der Waals surface area (Å²) in [4.78, 5) is 0. The monoisotopic (exact) mass is 383 g/mol. The number of benzene rings is 2. The number of rotatable bonds is 7. The number of hydrogen-bond donors (Lipinski definition) is 1. The number of aryl methyl sites for hydroxylation is 2. The summed E-state index contributed by atoms with van der Waals surface area (Å²) in [6, 6.07) is 16.1. The van der Waals surface area contributed by atoms with Gasteiger partial charge in [-0.1, -0.05) is 48.2 Å². The van der Waals surface area contributed by atoms with Crippen LogP contribution in [0.2, 0.25) is 0 Å². The molecule has 27 heavy (non-hydrogen) atoms. The van der Waals surface area contributed by atoms with Crippen molar-refractivity contribution in [1.82, 2.24) is 14.8 Å². The van der Waals surface area contributed by atoms with E-state index in [1.54, 1.807) is 13.8 Å². The van der Waals surface area contributed by atoms with Crippen molar-refractivity contribution in [1.29, 1.82) is 0 Å². The molecule has 2 aromatic carbocycles. The molecule has 6 heteroatoms. The second-order valence-corrected chi connectivity index (χ2v) is 8.12. The molecule has 5 nitrogen and oxygen atoms in total. The molecule has 0 spiro atoms. The van der Waals surface area contributed by atoms with E-state index in [0.717, 1.165) is 33.5 Å². The van der Waals surface area contributed by atoms with E-state index in [1.165, 1.54) is 11.8 Å². The normalized spacial score (nSPS) is 11.6. The minimum Gasteiger partial charge on any atom is -0.485 e. The SMILES string of the molecule is Cc1cccc(C)c1OCc1nnc(SCC(C)(C)O)n1-c1ccccc1. The lowest BCUT2D eigenvalue weighted by molar-refractivity contribution is 0.107. The number of aliphatic hydroxyl groups is 1. The Morgan fingerprint density at radius 3 is 2.30 bits per heavy atom. The standard InChI is InChI=1S/C21H25N3O2S/c1-15-9-8-10-16(2)19(15)26-13-18-22-23-20(27-14-21(3,4)25)24(18)17-11-6-5-7-12-17/h5-12,25H,13-14H2,1-4H3. The van der Waals surface area contributed by atoms with Crippen LogP contribution in [0.5, 0.6) is 5.75 Å². The highest BCUT2D eigenvalue weighted by molar-refractivity contribution is 7.99. The smallest absolute Gasteiger partial charge is 0.196 e. The summed E-state index contributed by atoms with van der Waals surface area (Å²) in [6.07, 6.45) is 0. The van der Waals surface area contributed by atoms with E-state index in [1.807, 2.05) is 66.9 Å². The van der Waals surface area contributed by atoms with E-state index < -0.39 is 5.60 Å². The molecular weight excluding hydrogens is 358 g/mol. The fourth-order valence-electron chi connectivity index (χ4n) is 2.73. The largest absolute Gasteiger partial charge is 0.485 e. The predicted molar refractivity (Wildman–Crippen MR) is 109 cm³/mol. The molecule has 0 saturated carbocycles. The van der Waals surface area contributed by atoms with Gasteiger partial charge < -0.3 is 9.84 Å². The zero-order valence-corrected chi connectivity index (χ0v) is 17.0. The molecule has 142 valence electrons. The molecule has 0 radical (unpaired) electrons. The molecule has 0 bridgehead atoms. The average molecular weight is 384 g/mol. The Hall–Kier alpha value is -2.31. The predicted octanol–water partition coefficient (Wildman–Crippen LogP) is 4.33. The molecule has 1 aromatic heterocycles. The van der Waals surface area contributed by atoms with Crippen molar-refractivity contribution in [3.05, 3.63) is 65.5 Å². The molecular formula is C21H25N3O2S. The Balaban J connectivity index is 1.89. The minimum atomic E-state index is -0.785. The van der Waals surface area contributed by atoms with E-state index in [4.69, 9.17) is 4.74 Å². The first-order valence-corrected chi connectivity index (χ1v) is 9.87. The third kappa shape index (κ3) is 4.90.